The van der Waals surface area contributed by atoms with E-state index in [4.69, 9.17) is 9.52 Å². The normalized spacial score (nSPS) is 13.3. The number of carboxylic acid groups (broad SMARTS) is 1. The summed E-state index contributed by atoms with van der Waals surface area (Å²) in [5.41, 5.74) is 0. The van der Waals surface area contributed by atoms with Gasteiger partial charge in [-0.1, -0.05) is 6.08 Å². The molecule has 2 N–H and O–H groups in total. The van der Waals surface area contributed by atoms with E-state index in [-0.39, 0.29) is 6.42 Å². The summed E-state index contributed by atoms with van der Waals surface area (Å²) < 4.78 is 4.92. The first-order valence-corrected chi connectivity index (χ1v) is 3.81. The number of rotatable bonds is 4. The van der Waals surface area contributed by atoms with Gasteiger partial charge in [0.25, 0.3) is 0 Å². The molecule has 0 aliphatic carbocycles. The molecule has 4 heteroatoms. The minimum Gasteiger partial charge on any atom is -0.478 e. The smallest absolute Gasteiger partial charge is 0.327 e. The van der Waals surface area contributed by atoms with Gasteiger partial charge in [-0.05, 0) is 18.6 Å². The average Bonchev–Trinajstić information content (AvgIpc) is 2.55. The van der Waals surface area contributed by atoms with E-state index < -0.39 is 12.1 Å². The topological polar surface area (TPSA) is 70.7 Å². The summed E-state index contributed by atoms with van der Waals surface area (Å²) in [6.07, 6.45) is 3.30. The third-order valence-electron chi connectivity index (χ3n) is 1.49. The highest BCUT2D eigenvalue weighted by atomic mass is 16.4. The molecule has 4 nitrogen and oxygen atoms in total. The molecule has 1 aromatic heterocycles. The van der Waals surface area contributed by atoms with E-state index in [0.29, 0.717) is 5.76 Å². The molecule has 13 heavy (non-hydrogen) atoms. The molecular formula is C9H10O4. The minimum absolute atomic E-state index is 0.236. The quantitative estimate of drug-likeness (QED) is 0.689. The van der Waals surface area contributed by atoms with E-state index in [1.807, 2.05) is 0 Å². The average molecular weight is 182 g/mol. The summed E-state index contributed by atoms with van der Waals surface area (Å²) in [4.78, 5) is 10.1. The van der Waals surface area contributed by atoms with E-state index in [1.165, 1.54) is 12.3 Å². The van der Waals surface area contributed by atoms with Gasteiger partial charge in [0.05, 0.1) is 6.26 Å². The molecule has 1 rings (SSSR count). The van der Waals surface area contributed by atoms with Crippen molar-refractivity contribution in [1.29, 1.82) is 0 Å². The zero-order valence-corrected chi connectivity index (χ0v) is 6.88. The predicted octanol–water partition coefficient (Wildman–Crippen LogP) is 1.34. The number of hydrogen-bond acceptors (Lipinski definition) is 3. The molecule has 0 aromatic carbocycles. The molecular weight excluding hydrogens is 172 g/mol. The summed E-state index contributed by atoms with van der Waals surface area (Å²) in [5.74, 6) is -0.582. The molecule has 0 fully saturated rings. The molecule has 1 aromatic rings. The fourth-order valence-electron chi connectivity index (χ4n) is 0.895. The Morgan fingerprint density at radius 3 is 3.00 bits per heavy atom. The summed E-state index contributed by atoms with van der Waals surface area (Å²) in [6.45, 7) is 0. The molecule has 0 amide bonds. The van der Waals surface area contributed by atoms with Gasteiger partial charge in [-0.2, -0.15) is 0 Å². The lowest BCUT2D eigenvalue weighted by Gasteiger charge is -2.02. The van der Waals surface area contributed by atoms with Gasteiger partial charge in [0, 0.05) is 6.08 Å². The van der Waals surface area contributed by atoms with Gasteiger partial charge in [0.1, 0.15) is 11.9 Å². The van der Waals surface area contributed by atoms with Crippen molar-refractivity contribution in [2.45, 2.75) is 12.5 Å². The van der Waals surface area contributed by atoms with Gasteiger partial charge in [-0.25, -0.2) is 4.79 Å². The first kappa shape index (κ1) is 9.54. The molecule has 0 spiro atoms. The van der Waals surface area contributed by atoms with Crippen LogP contribution in [0.5, 0.6) is 0 Å². The lowest BCUT2D eigenvalue weighted by atomic mass is 10.2. The summed E-state index contributed by atoms with van der Waals surface area (Å²) in [7, 11) is 0. The van der Waals surface area contributed by atoms with Crippen molar-refractivity contribution >= 4 is 5.97 Å². The minimum atomic E-state index is -1.02. The maximum atomic E-state index is 10.1. The van der Waals surface area contributed by atoms with Gasteiger partial charge >= 0.3 is 5.97 Å². The maximum Gasteiger partial charge on any atom is 0.327 e. The van der Waals surface area contributed by atoms with Crippen molar-refractivity contribution in [3.05, 3.63) is 36.3 Å². The number of aliphatic hydroxyl groups excluding tert-OH is 1. The third kappa shape index (κ3) is 3.13. The SMILES string of the molecule is O=C(O)C=CCC(O)c1ccco1. The van der Waals surface area contributed by atoms with Crippen LogP contribution in [0.25, 0.3) is 0 Å². The fraction of sp³-hybridized carbons (Fsp3) is 0.222. The molecule has 0 saturated carbocycles. The predicted molar refractivity (Wildman–Crippen MR) is 45.1 cm³/mol. The number of carbonyl (C=O) groups is 1. The van der Waals surface area contributed by atoms with Crippen LogP contribution in [0.15, 0.2) is 35.0 Å². The molecule has 0 bridgehead atoms. The van der Waals surface area contributed by atoms with E-state index in [0.717, 1.165) is 6.08 Å². The number of aliphatic hydroxyl groups is 1. The maximum absolute atomic E-state index is 10.1. The van der Waals surface area contributed by atoms with Gasteiger partial charge in [-0.3, -0.25) is 0 Å². The van der Waals surface area contributed by atoms with Gasteiger partial charge < -0.3 is 14.6 Å². The Bertz CT molecular complexity index is 287. The van der Waals surface area contributed by atoms with Gasteiger partial charge in [-0.15, -0.1) is 0 Å². The van der Waals surface area contributed by atoms with Crippen LogP contribution in [0.2, 0.25) is 0 Å². The van der Waals surface area contributed by atoms with Crippen molar-refractivity contribution in [2.75, 3.05) is 0 Å². The molecule has 1 atom stereocenters. The van der Waals surface area contributed by atoms with Crippen LogP contribution < -0.4 is 0 Å². The zero-order valence-electron chi connectivity index (χ0n) is 6.88. The Kier molecular flexibility index (Phi) is 3.28. The molecule has 0 aliphatic rings. The highest BCUT2D eigenvalue weighted by molar-refractivity contribution is 5.79. The lowest BCUT2D eigenvalue weighted by molar-refractivity contribution is -0.131. The Hall–Kier alpha value is -1.55. The molecule has 0 radical (unpaired) electrons. The van der Waals surface area contributed by atoms with Crippen LogP contribution in [0, 0.1) is 0 Å². The highest BCUT2D eigenvalue weighted by Crippen LogP contribution is 2.16. The number of carboxylic acids is 1. The van der Waals surface area contributed by atoms with E-state index in [1.54, 1.807) is 12.1 Å². The highest BCUT2D eigenvalue weighted by Gasteiger charge is 2.07. The van der Waals surface area contributed by atoms with E-state index in [2.05, 4.69) is 0 Å². The van der Waals surface area contributed by atoms with Crippen LogP contribution in [0.1, 0.15) is 18.3 Å². The van der Waals surface area contributed by atoms with Crippen molar-refractivity contribution in [3.8, 4) is 0 Å². The van der Waals surface area contributed by atoms with Crippen molar-refractivity contribution in [1.82, 2.24) is 0 Å². The molecule has 70 valence electrons. The van der Waals surface area contributed by atoms with Crippen LogP contribution >= 0.6 is 0 Å². The second kappa shape index (κ2) is 4.47. The van der Waals surface area contributed by atoms with Gasteiger partial charge in [0.15, 0.2) is 0 Å². The molecule has 1 heterocycles. The number of furan rings is 1. The Balaban J connectivity index is 2.43. The monoisotopic (exact) mass is 182 g/mol. The van der Waals surface area contributed by atoms with Crippen LogP contribution in [-0.2, 0) is 4.79 Å². The number of aliphatic carboxylic acids is 1. The Labute approximate surface area is 75.1 Å². The Morgan fingerprint density at radius 2 is 2.46 bits per heavy atom. The molecule has 1 unspecified atom stereocenters. The second-order valence-electron chi connectivity index (χ2n) is 2.51. The van der Waals surface area contributed by atoms with Crippen molar-refractivity contribution in [3.63, 3.8) is 0 Å². The van der Waals surface area contributed by atoms with Crippen molar-refractivity contribution in [2.24, 2.45) is 0 Å². The van der Waals surface area contributed by atoms with Crippen LogP contribution in [-0.4, -0.2) is 16.2 Å². The zero-order chi connectivity index (χ0) is 9.68. The molecule has 0 aliphatic heterocycles. The summed E-state index contributed by atoms with van der Waals surface area (Å²) >= 11 is 0. The standard InChI is InChI=1S/C9H10O4/c10-7(3-1-5-9(11)12)8-4-2-6-13-8/h1-2,4-7,10H,3H2,(H,11,12). The second-order valence-corrected chi connectivity index (χ2v) is 2.51. The summed E-state index contributed by atoms with van der Waals surface area (Å²) in [5, 5.41) is 17.6. The van der Waals surface area contributed by atoms with Crippen molar-refractivity contribution < 1.29 is 19.4 Å². The van der Waals surface area contributed by atoms with E-state index in [9.17, 15) is 9.90 Å². The summed E-state index contributed by atoms with van der Waals surface area (Å²) in [6, 6.07) is 3.30. The lowest BCUT2D eigenvalue weighted by Crippen LogP contribution is -1.94. The van der Waals surface area contributed by atoms with Crippen LogP contribution in [0.3, 0.4) is 0 Å². The fourth-order valence-corrected chi connectivity index (χ4v) is 0.895. The number of hydrogen-bond donors (Lipinski definition) is 2. The first-order valence-electron chi connectivity index (χ1n) is 3.81. The third-order valence-corrected chi connectivity index (χ3v) is 1.49. The Morgan fingerprint density at radius 1 is 1.69 bits per heavy atom. The van der Waals surface area contributed by atoms with E-state index >= 15 is 0 Å². The van der Waals surface area contributed by atoms with Gasteiger partial charge in [0.2, 0.25) is 0 Å². The first-order chi connectivity index (χ1) is 6.20. The molecule has 0 saturated heterocycles. The van der Waals surface area contributed by atoms with Crippen LogP contribution in [0.4, 0.5) is 0 Å². The largest absolute Gasteiger partial charge is 0.478 e.